The molecule has 0 saturated carbocycles. The van der Waals surface area contributed by atoms with Crippen LogP contribution < -0.4 is 5.32 Å². The molecule has 3 heteroatoms. The molecule has 0 fully saturated rings. The van der Waals surface area contributed by atoms with E-state index in [2.05, 4.69) is 36.5 Å². The lowest BCUT2D eigenvalue weighted by Gasteiger charge is -2.09. The van der Waals surface area contributed by atoms with Crippen LogP contribution in [0.25, 0.3) is 0 Å². The molecule has 120 valence electrons. The van der Waals surface area contributed by atoms with Gasteiger partial charge in [0.15, 0.2) is 0 Å². The van der Waals surface area contributed by atoms with Crippen molar-refractivity contribution in [3.05, 3.63) is 29.8 Å². The summed E-state index contributed by atoms with van der Waals surface area (Å²) in [6.07, 6.45) is 8.01. The summed E-state index contributed by atoms with van der Waals surface area (Å²) in [5.41, 5.74) is 2.40. The maximum atomic E-state index is 5.54. The average Bonchev–Trinajstić information content (AvgIpc) is 2.51. The maximum absolute atomic E-state index is 5.54. The molecule has 0 unspecified atom stereocenters. The van der Waals surface area contributed by atoms with E-state index < -0.39 is 0 Å². The lowest BCUT2D eigenvalue weighted by Crippen LogP contribution is -2.04. The zero-order valence-electron chi connectivity index (χ0n) is 13.7. The highest BCUT2D eigenvalue weighted by atomic mass is 16.5. The molecule has 0 radical (unpaired) electrons. The molecule has 0 bridgehead atoms. The first-order chi connectivity index (χ1) is 10.4. The number of unbranched alkanes of at least 4 members (excludes halogenated alkanes) is 5. The summed E-state index contributed by atoms with van der Waals surface area (Å²) < 4.78 is 10.5. The van der Waals surface area contributed by atoms with Gasteiger partial charge in [0, 0.05) is 19.3 Å². The Bertz CT molecular complexity index is 355. The first kappa shape index (κ1) is 18.0. The molecule has 1 N–H and O–H groups in total. The third kappa shape index (κ3) is 9.48. The van der Waals surface area contributed by atoms with Crippen molar-refractivity contribution in [2.24, 2.45) is 0 Å². The highest BCUT2D eigenvalue weighted by Crippen LogP contribution is 2.12. The number of ether oxygens (including phenoxy) is 2. The Labute approximate surface area is 130 Å². The minimum atomic E-state index is 0.645. The fraction of sp³-hybridized carbons (Fsp3) is 0.667. The molecular weight excluding hydrogens is 262 g/mol. The molecule has 0 atom stereocenters. The van der Waals surface area contributed by atoms with Crippen LogP contribution in [0.15, 0.2) is 24.3 Å². The molecular formula is C18H31NO2. The van der Waals surface area contributed by atoms with Crippen LogP contribution in [0.4, 0.5) is 5.69 Å². The molecule has 3 nitrogen and oxygen atoms in total. The van der Waals surface area contributed by atoms with Crippen LogP contribution in [-0.2, 0) is 16.1 Å². The van der Waals surface area contributed by atoms with Gasteiger partial charge in [-0.15, -0.1) is 0 Å². The van der Waals surface area contributed by atoms with Crippen molar-refractivity contribution in [2.75, 3.05) is 32.2 Å². The fourth-order valence-corrected chi connectivity index (χ4v) is 2.24. The first-order valence-electron chi connectivity index (χ1n) is 8.26. The molecule has 1 aromatic rings. The molecule has 0 aliphatic rings. The number of hydrogen-bond acceptors (Lipinski definition) is 3. The van der Waals surface area contributed by atoms with Crippen molar-refractivity contribution in [1.82, 2.24) is 0 Å². The topological polar surface area (TPSA) is 30.5 Å². The molecule has 0 saturated heterocycles. The van der Waals surface area contributed by atoms with Crippen LogP contribution in [-0.4, -0.2) is 26.9 Å². The SMILES string of the molecule is CCCCCCCCNc1cccc(COCCOC)c1. The van der Waals surface area contributed by atoms with Crippen molar-refractivity contribution in [3.8, 4) is 0 Å². The van der Waals surface area contributed by atoms with E-state index in [1.54, 1.807) is 7.11 Å². The number of benzene rings is 1. The Hall–Kier alpha value is -1.06. The highest BCUT2D eigenvalue weighted by Gasteiger charge is 1.97. The summed E-state index contributed by atoms with van der Waals surface area (Å²) in [5, 5.41) is 3.50. The van der Waals surface area contributed by atoms with E-state index in [1.165, 1.54) is 49.8 Å². The van der Waals surface area contributed by atoms with Crippen LogP contribution in [0.1, 0.15) is 51.0 Å². The lowest BCUT2D eigenvalue weighted by atomic mass is 10.1. The molecule has 0 amide bonds. The monoisotopic (exact) mass is 293 g/mol. The second-order valence-corrected chi connectivity index (χ2v) is 5.44. The Balaban J connectivity index is 2.14. The predicted octanol–water partition coefficient (Wildman–Crippen LogP) is 4.62. The lowest BCUT2D eigenvalue weighted by molar-refractivity contribution is 0.0617. The Morgan fingerprint density at radius 3 is 2.62 bits per heavy atom. The Morgan fingerprint density at radius 2 is 1.81 bits per heavy atom. The minimum Gasteiger partial charge on any atom is -0.385 e. The van der Waals surface area contributed by atoms with E-state index in [-0.39, 0.29) is 0 Å². The summed E-state index contributed by atoms with van der Waals surface area (Å²) in [4.78, 5) is 0. The quantitative estimate of drug-likeness (QED) is 0.538. The highest BCUT2D eigenvalue weighted by molar-refractivity contribution is 5.45. The van der Waals surface area contributed by atoms with Crippen LogP contribution in [0.2, 0.25) is 0 Å². The number of hydrogen-bond donors (Lipinski definition) is 1. The second kappa shape index (κ2) is 12.7. The minimum absolute atomic E-state index is 0.645. The number of rotatable bonds is 13. The number of methoxy groups -OCH3 is 1. The van der Waals surface area contributed by atoms with Gasteiger partial charge < -0.3 is 14.8 Å². The summed E-state index contributed by atoms with van der Waals surface area (Å²) in [5.74, 6) is 0. The summed E-state index contributed by atoms with van der Waals surface area (Å²) in [6.45, 7) is 5.26. The van der Waals surface area contributed by atoms with Gasteiger partial charge in [-0.2, -0.15) is 0 Å². The average molecular weight is 293 g/mol. The van der Waals surface area contributed by atoms with Crippen LogP contribution in [0.5, 0.6) is 0 Å². The van der Waals surface area contributed by atoms with Gasteiger partial charge in [0.05, 0.1) is 19.8 Å². The summed E-state index contributed by atoms with van der Waals surface area (Å²) in [7, 11) is 1.69. The Morgan fingerprint density at radius 1 is 1.00 bits per heavy atom. The smallest absolute Gasteiger partial charge is 0.0718 e. The van der Waals surface area contributed by atoms with Crippen molar-refractivity contribution in [3.63, 3.8) is 0 Å². The third-order valence-corrected chi connectivity index (χ3v) is 3.49. The third-order valence-electron chi connectivity index (χ3n) is 3.49. The van der Waals surface area contributed by atoms with Crippen LogP contribution >= 0.6 is 0 Å². The standard InChI is InChI=1S/C18H31NO2/c1-3-4-5-6-7-8-12-19-18-11-9-10-17(15-18)16-21-14-13-20-2/h9-11,15,19H,3-8,12-14,16H2,1-2H3. The molecule has 21 heavy (non-hydrogen) atoms. The zero-order valence-corrected chi connectivity index (χ0v) is 13.7. The van der Waals surface area contributed by atoms with Gasteiger partial charge in [0.2, 0.25) is 0 Å². The van der Waals surface area contributed by atoms with Crippen LogP contribution in [0, 0.1) is 0 Å². The van der Waals surface area contributed by atoms with Crippen molar-refractivity contribution in [1.29, 1.82) is 0 Å². The Kier molecular flexibility index (Phi) is 10.8. The van der Waals surface area contributed by atoms with Crippen molar-refractivity contribution in [2.45, 2.75) is 52.1 Å². The largest absolute Gasteiger partial charge is 0.385 e. The molecule has 0 heterocycles. The van der Waals surface area contributed by atoms with E-state index in [1.807, 2.05) is 0 Å². The van der Waals surface area contributed by atoms with Gasteiger partial charge >= 0.3 is 0 Å². The maximum Gasteiger partial charge on any atom is 0.0718 e. The molecule has 1 rings (SSSR count). The first-order valence-corrected chi connectivity index (χ1v) is 8.26. The van der Waals surface area contributed by atoms with Crippen molar-refractivity contribution >= 4 is 5.69 Å². The van der Waals surface area contributed by atoms with Gasteiger partial charge in [-0.3, -0.25) is 0 Å². The molecule has 0 aliphatic carbocycles. The van der Waals surface area contributed by atoms with Gasteiger partial charge in [-0.1, -0.05) is 51.2 Å². The molecule has 0 aromatic heterocycles. The predicted molar refractivity (Wildman–Crippen MR) is 89.8 cm³/mol. The zero-order chi connectivity index (χ0) is 15.2. The normalized spacial score (nSPS) is 10.8. The number of anilines is 1. The summed E-state index contributed by atoms with van der Waals surface area (Å²) in [6, 6.07) is 8.47. The fourth-order valence-electron chi connectivity index (χ4n) is 2.24. The number of nitrogens with one attached hydrogen (secondary N) is 1. The van der Waals surface area contributed by atoms with Crippen LogP contribution in [0.3, 0.4) is 0 Å². The molecule has 0 spiro atoms. The van der Waals surface area contributed by atoms with E-state index in [9.17, 15) is 0 Å². The van der Waals surface area contributed by atoms with E-state index in [0.717, 1.165) is 6.54 Å². The van der Waals surface area contributed by atoms with Gasteiger partial charge in [0.1, 0.15) is 0 Å². The molecule has 1 aromatic carbocycles. The van der Waals surface area contributed by atoms with E-state index in [4.69, 9.17) is 9.47 Å². The van der Waals surface area contributed by atoms with Gasteiger partial charge in [-0.05, 0) is 24.1 Å². The van der Waals surface area contributed by atoms with Crippen molar-refractivity contribution < 1.29 is 9.47 Å². The molecule has 0 aliphatic heterocycles. The summed E-state index contributed by atoms with van der Waals surface area (Å²) >= 11 is 0. The van der Waals surface area contributed by atoms with E-state index >= 15 is 0 Å². The van der Waals surface area contributed by atoms with E-state index in [0.29, 0.717) is 19.8 Å². The van der Waals surface area contributed by atoms with Gasteiger partial charge in [-0.25, -0.2) is 0 Å². The van der Waals surface area contributed by atoms with Gasteiger partial charge in [0.25, 0.3) is 0 Å². The second-order valence-electron chi connectivity index (χ2n) is 5.44.